The Labute approximate surface area is 124 Å². The molecule has 0 aromatic heterocycles. The van der Waals surface area contributed by atoms with Gasteiger partial charge in [-0.1, -0.05) is 49.8 Å². The van der Waals surface area contributed by atoms with Gasteiger partial charge >= 0.3 is 0 Å². The molecule has 0 bridgehead atoms. The second kappa shape index (κ2) is 5.93. The minimum atomic E-state index is 0.290. The first-order valence-corrected chi connectivity index (χ1v) is 7.61. The highest BCUT2D eigenvalue weighted by Gasteiger charge is 2.48. The minimum Gasteiger partial charge on any atom is -0.354 e. The molecule has 0 heterocycles. The topological polar surface area (TPSA) is 3.24 Å². The molecule has 1 radical (unpaired) electrons. The van der Waals surface area contributed by atoms with Gasteiger partial charge in [0.25, 0.3) is 0 Å². The fourth-order valence-corrected chi connectivity index (χ4v) is 3.44. The number of hydrogen-bond acceptors (Lipinski definition) is 1. The molecule has 4 heteroatoms. The van der Waals surface area contributed by atoms with Crippen LogP contribution in [0.4, 0.5) is 0 Å². The Kier molecular flexibility index (Phi) is 4.68. The van der Waals surface area contributed by atoms with Gasteiger partial charge in [-0.15, -0.1) is 0 Å². The summed E-state index contributed by atoms with van der Waals surface area (Å²) >= 11 is 6.03. The van der Waals surface area contributed by atoms with E-state index in [1.54, 1.807) is 0 Å². The standard InChI is InChI=1S/C15H23B2ClN/c1-12(2)16-17(19(3)4)15(10-5-11-15)13-6-8-14(18)9-7-13/h6-9,12H,5,10-11H2,1-4H3. The number of halogens is 1. The van der Waals surface area contributed by atoms with Crippen molar-refractivity contribution in [2.45, 2.75) is 44.2 Å². The van der Waals surface area contributed by atoms with Gasteiger partial charge in [-0.2, -0.15) is 0 Å². The third kappa shape index (κ3) is 3.03. The average Bonchev–Trinajstić information content (AvgIpc) is 2.28. The highest BCUT2D eigenvalue weighted by molar-refractivity contribution is 7.12. The maximum atomic E-state index is 6.03. The van der Waals surface area contributed by atoms with Crippen molar-refractivity contribution in [3.05, 3.63) is 34.9 Å². The fraction of sp³-hybridized carbons (Fsp3) is 0.600. The summed E-state index contributed by atoms with van der Waals surface area (Å²) < 4.78 is 0. The molecule has 0 saturated heterocycles. The van der Waals surface area contributed by atoms with E-state index in [2.05, 4.69) is 52.1 Å². The van der Waals surface area contributed by atoms with Crippen LogP contribution in [0.2, 0.25) is 10.8 Å². The third-order valence-electron chi connectivity index (χ3n) is 4.35. The molecule has 1 aliphatic carbocycles. The van der Waals surface area contributed by atoms with E-state index in [9.17, 15) is 0 Å². The minimum absolute atomic E-state index is 0.290. The van der Waals surface area contributed by atoms with Crippen molar-refractivity contribution in [3.63, 3.8) is 0 Å². The van der Waals surface area contributed by atoms with Crippen LogP contribution < -0.4 is 0 Å². The monoisotopic (exact) mass is 274 g/mol. The molecule has 2 rings (SSSR count). The summed E-state index contributed by atoms with van der Waals surface area (Å²) in [6, 6.07) is 8.48. The smallest absolute Gasteiger partial charge is 0.189 e. The number of benzene rings is 1. The van der Waals surface area contributed by atoms with E-state index >= 15 is 0 Å². The van der Waals surface area contributed by atoms with Crippen LogP contribution >= 0.6 is 11.6 Å². The van der Waals surface area contributed by atoms with E-state index in [4.69, 9.17) is 11.6 Å². The van der Waals surface area contributed by atoms with Gasteiger partial charge in [-0.25, -0.2) is 0 Å². The van der Waals surface area contributed by atoms with Crippen LogP contribution in [0, 0.1) is 0 Å². The zero-order valence-corrected chi connectivity index (χ0v) is 13.2. The van der Waals surface area contributed by atoms with E-state index in [0.717, 1.165) is 5.02 Å². The summed E-state index contributed by atoms with van der Waals surface area (Å²) in [5.74, 6) is 0.608. The first-order chi connectivity index (χ1) is 8.95. The number of rotatable bonds is 5. The van der Waals surface area contributed by atoms with Crippen molar-refractivity contribution < 1.29 is 0 Å². The molecule has 0 N–H and O–H groups in total. The SMILES string of the molecule is CC(C)[B]B(N(C)C)C1(c2ccc(Cl)cc2)CCC1. The normalized spacial score (nSPS) is 17.4. The summed E-state index contributed by atoms with van der Waals surface area (Å²) in [5, 5.41) is 1.12. The Balaban J connectivity index is 2.31. The lowest BCUT2D eigenvalue weighted by Gasteiger charge is -2.50. The largest absolute Gasteiger partial charge is 0.354 e. The van der Waals surface area contributed by atoms with E-state index in [0.29, 0.717) is 17.9 Å². The van der Waals surface area contributed by atoms with Crippen LogP contribution in [0.15, 0.2) is 24.3 Å². The maximum absolute atomic E-state index is 6.03. The van der Waals surface area contributed by atoms with E-state index < -0.39 is 0 Å². The van der Waals surface area contributed by atoms with Gasteiger partial charge in [0, 0.05) is 5.02 Å². The van der Waals surface area contributed by atoms with Crippen LogP contribution in [-0.2, 0) is 5.31 Å². The molecule has 1 nitrogen and oxygen atoms in total. The molecule has 19 heavy (non-hydrogen) atoms. The summed E-state index contributed by atoms with van der Waals surface area (Å²) in [4.78, 5) is 2.37. The molecule has 0 unspecified atom stereocenters. The summed E-state index contributed by atoms with van der Waals surface area (Å²) in [5.41, 5.74) is 1.44. The Hall–Kier alpha value is -0.400. The van der Waals surface area contributed by atoms with Crippen molar-refractivity contribution in [3.8, 4) is 0 Å². The quantitative estimate of drug-likeness (QED) is 0.736. The Morgan fingerprint density at radius 1 is 1.21 bits per heavy atom. The van der Waals surface area contributed by atoms with Crippen LogP contribution in [0.5, 0.6) is 0 Å². The molecule has 1 aliphatic rings. The van der Waals surface area contributed by atoms with E-state index in [1.807, 2.05) is 12.1 Å². The Morgan fingerprint density at radius 2 is 1.79 bits per heavy atom. The maximum Gasteiger partial charge on any atom is 0.189 e. The van der Waals surface area contributed by atoms with Crippen molar-refractivity contribution in [1.82, 2.24) is 4.81 Å². The first kappa shape index (κ1) is 15.0. The zero-order chi connectivity index (χ0) is 14.0. The van der Waals surface area contributed by atoms with Gasteiger partial charge < -0.3 is 4.81 Å². The van der Waals surface area contributed by atoms with E-state index in [-0.39, 0.29) is 0 Å². The lowest BCUT2D eigenvalue weighted by Crippen LogP contribution is -2.60. The molecule has 1 saturated carbocycles. The molecule has 1 aromatic rings. The highest BCUT2D eigenvalue weighted by Crippen LogP contribution is 2.46. The van der Waals surface area contributed by atoms with Crippen LogP contribution in [-0.4, -0.2) is 32.8 Å². The van der Waals surface area contributed by atoms with Gasteiger partial charge in [-0.3, -0.25) is 0 Å². The van der Waals surface area contributed by atoms with Crippen LogP contribution in [0.3, 0.4) is 0 Å². The number of nitrogens with zero attached hydrogens (tertiary/aromatic N) is 1. The second-order valence-corrected chi connectivity index (χ2v) is 6.80. The van der Waals surface area contributed by atoms with Gasteiger partial charge in [0.1, 0.15) is 7.17 Å². The Morgan fingerprint density at radius 3 is 2.16 bits per heavy atom. The lowest BCUT2D eigenvalue weighted by atomic mass is 9.12. The van der Waals surface area contributed by atoms with Crippen molar-refractivity contribution in [1.29, 1.82) is 0 Å². The molecule has 0 atom stereocenters. The highest BCUT2D eigenvalue weighted by atomic mass is 35.5. The van der Waals surface area contributed by atoms with Gasteiger partial charge in [-0.05, 0) is 49.9 Å². The molecule has 101 valence electrons. The van der Waals surface area contributed by atoms with Crippen LogP contribution in [0.1, 0.15) is 38.7 Å². The summed E-state index contributed by atoms with van der Waals surface area (Å²) in [6.45, 7) is 5.04. The molecular formula is C15H23B2ClN. The predicted molar refractivity (Wildman–Crippen MR) is 87.3 cm³/mol. The molecule has 0 aliphatic heterocycles. The van der Waals surface area contributed by atoms with Crippen molar-refractivity contribution in [2.24, 2.45) is 0 Å². The molecular weight excluding hydrogens is 251 g/mol. The lowest BCUT2D eigenvalue weighted by molar-refractivity contribution is 0.335. The van der Waals surface area contributed by atoms with E-state index in [1.165, 1.54) is 24.8 Å². The first-order valence-electron chi connectivity index (χ1n) is 7.23. The van der Waals surface area contributed by atoms with Crippen molar-refractivity contribution in [2.75, 3.05) is 14.1 Å². The van der Waals surface area contributed by atoms with Crippen LogP contribution in [0.25, 0.3) is 0 Å². The molecule has 1 fully saturated rings. The summed E-state index contributed by atoms with van der Waals surface area (Å²) in [6.07, 6.45) is 3.89. The molecule has 1 aromatic carbocycles. The predicted octanol–water partition coefficient (Wildman–Crippen LogP) is 3.88. The Bertz CT molecular complexity index is 413. The second-order valence-electron chi connectivity index (χ2n) is 6.36. The molecule has 0 spiro atoms. The number of hydrogen-bond donors (Lipinski definition) is 0. The van der Waals surface area contributed by atoms with Crippen molar-refractivity contribution >= 4 is 25.5 Å². The zero-order valence-electron chi connectivity index (χ0n) is 12.5. The van der Waals surface area contributed by atoms with Gasteiger partial charge in [0.05, 0.1) is 0 Å². The third-order valence-corrected chi connectivity index (χ3v) is 4.61. The van der Waals surface area contributed by atoms with Gasteiger partial charge in [0.2, 0.25) is 0 Å². The molecule has 0 amide bonds. The average molecular weight is 274 g/mol. The van der Waals surface area contributed by atoms with Gasteiger partial charge in [0.15, 0.2) is 6.74 Å². The summed E-state index contributed by atoms with van der Waals surface area (Å²) in [7, 11) is 6.88. The fourth-order valence-electron chi connectivity index (χ4n) is 3.31.